The summed E-state index contributed by atoms with van der Waals surface area (Å²) < 4.78 is 0. The average molecular weight is 241 g/mol. The van der Waals surface area contributed by atoms with Crippen molar-refractivity contribution in [3.8, 4) is 0 Å². The van der Waals surface area contributed by atoms with Crippen molar-refractivity contribution in [2.75, 3.05) is 6.54 Å². The van der Waals surface area contributed by atoms with Crippen LogP contribution < -0.4 is 11.3 Å². The van der Waals surface area contributed by atoms with Gasteiger partial charge in [-0.05, 0) is 31.7 Å². The van der Waals surface area contributed by atoms with Gasteiger partial charge in [-0.2, -0.15) is 0 Å². The third-order valence-electron chi connectivity index (χ3n) is 3.79. The Kier molecular flexibility index (Phi) is 5.92. The molecule has 17 heavy (non-hydrogen) atoms. The van der Waals surface area contributed by atoms with E-state index in [0.717, 1.165) is 13.0 Å². The summed E-state index contributed by atoms with van der Waals surface area (Å²) in [5.74, 6) is 5.57. The van der Waals surface area contributed by atoms with Crippen molar-refractivity contribution < 1.29 is 4.79 Å². The highest BCUT2D eigenvalue weighted by molar-refractivity contribution is 5.81. The lowest BCUT2D eigenvalue weighted by Crippen LogP contribution is -2.54. The van der Waals surface area contributed by atoms with Crippen LogP contribution in [0.25, 0.3) is 0 Å². The fourth-order valence-corrected chi connectivity index (χ4v) is 2.93. The third-order valence-corrected chi connectivity index (χ3v) is 3.79. The minimum absolute atomic E-state index is 0.0413. The molecule has 4 nitrogen and oxygen atoms in total. The molecule has 0 aromatic carbocycles. The van der Waals surface area contributed by atoms with E-state index >= 15 is 0 Å². The van der Waals surface area contributed by atoms with Crippen LogP contribution in [0, 0.1) is 5.92 Å². The van der Waals surface area contributed by atoms with Gasteiger partial charge in [-0.3, -0.25) is 15.1 Å². The number of nitrogens with one attached hydrogen (secondary N) is 1. The molecule has 0 aliphatic carbocycles. The Morgan fingerprint density at radius 1 is 1.41 bits per heavy atom. The van der Waals surface area contributed by atoms with Crippen LogP contribution in [-0.4, -0.2) is 29.4 Å². The average Bonchev–Trinajstić information content (AvgIpc) is 2.54. The number of carbonyl (C=O) groups excluding carboxylic acids is 1. The van der Waals surface area contributed by atoms with Gasteiger partial charge in [0.2, 0.25) is 0 Å². The molecule has 0 aromatic rings. The van der Waals surface area contributed by atoms with Crippen molar-refractivity contribution in [3.63, 3.8) is 0 Å². The van der Waals surface area contributed by atoms with Gasteiger partial charge in [0.25, 0.3) is 5.91 Å². The lowest BCUT2D eigenvalue weighted by Gasteiger charge is -2.37. The quantitative estimate of drug-likeness (QED) is 0.447. The highest BCUT2D eigenvalue weighted by atomic mass is 16.2. The van der Waals surface area contributed by atoms with E-state index in [1.165, 1.54) is 25.7 Å². The summed E-state index contributed by atoms with van der Waals surface area (Å²) in [4.78, 5) is 14.3. The van der Waals surface area contributed by atoms with E-state index in [2.05, 4.69) is 31.1 Å². The Balaban J connectivity index is 2.84. The number of hydrogen-bond acceptors (Lipinski definition) is 3. The first-order valence-corrected chi connectivity index (χ1v) is 6.88. The van der Waals surface area contributed by atoms with Crippen molar-refractivity contribution in [2.45, 2.75) is 65.0 Å². The lowest BCUT2D eigenvalue weighted by atomic mass is 9.98. The molecule has 1 aliphatic rings. The normalized spacial score (nSPS) is 24.4. The van der Waals surface area contributed by atoms with Gasteiger partial charge in [0.1, 0.15) is 0 Å². The molecule has 0 bridgehead atoms. The minimum Gasteiger partial charge on any atom is -0.293 e. The number of nitrogens with two attached hydrogens (primary N) is 1. The zero-order valence-electron chi connectivity index (χ0n) is 11.4. The van der Waals surface area contributed by atoms with Gasteiger partial charge < -0.3 is 0 Å². The predicted octanol–water partition coefficient (Wildman–Crippen LogP) is 1.66. The molecule has 1 amide bonds. The molecule has 4 heteroatoms. The minimum atomic E-state index is -0.0805. The highest BCUT2D eigenvalue weighted by Gasteiger charge is 2.33. The summed E-state index contributed by atoms with van der Waals surface area (Å²) in [6, 6.07) is 0.449. The Morgan fingerprint density at radius 3 is 2.65 bits per heavy atom. The van der Waals surface area contributed by atoms with Crippen LogP contribution in [-0.2, 0) is 4.79 Å². The SMILES string of the molecule is CCC1CCCCCN1C(C(=O)NN)C(C)C. The second-order valence-electron chi connectivity index (χ2n) is 5.35. The summed E-state index contributed by atoms with van der Waals surface area (Å²) in [6.45, 7) is 7.42. The highest BCUT2D eigenvalue weighted by Crippen LogP contribution is 2.24. The van der Waals surface area contributed by atoms with Crippen LogP contribution >= 0.6 is 0 Å². The van der Waals surface area contributed by atoms with E-state index in [0.29, 0.717) is 12.0 Å². The molecule has 2 atom stereocenters. The van der Waals surface area contributed by atoms with Gasteiger partial charge in [-0.15, -0.1) is 0 Å². The monoisotopic (exact) mass is 241 g/mol. The zero-order chi connectivity index (χ0) is 12.8. The summed E-state index contributed by atoms with van der Waals surface area (Å²) >= 11 is 0. The van der Waals surface area contributed by atoms with E-state index in [1.54, 1.807) is 0 Å². The first kappa shape index (κ1) is 14.5. The van der Waals surface area contributed by atoms with Gasteiger partial charge in [0.05, 0.1) is 6.04 Å². The van der Waals surface area contributed by atoms with Crippen LogP contribution in [0.2, 0.25) is 0 Å². The van der Waals surface area contributed by atoms with E-state index in [-0.39, 0.29) is 11.9 Å². The number of rotatable bonds is 4. The molecular weight excluding hydrogens is 214 g/mol. The first-order chi connectivity index (χ1) is 8.11. The van der Waals surface area contributed by atoms with E-state index in [4.69, 9.17) is 5.84 Å². The second-order valence-corrected chi connectivity index (χ2v) is 5.35. The molecule has 1 rings (SSSR count). The van der Waals surface area contributed by atoms with Gasteiger partial charge in [-0.1, -0.05) is 33.6 Å². The van der Waals surface area contributed by atoms with Crippen molar-refractivity contribution >= 4 is 5.91 Å². The topological polar surface area (TPSA) is 58.4 Å². The van der Waals surface area contributed by atoms with E-state index < -0.39 is 0 Å². The number of amides is 1. The lowest BCUT2D eigenvalue weighted by molar-refractivity contribution is -0.129. The maximum atomic E-state index is 11.9. The molecule has 0 radical (unpaired) electrons. The number of carbonyl (C=O) groups is 1. The van der Waals surface area contributed by atoms with Crippen molar-refractivity contribution in [3.05, 3.63) is 0 Å². The van der Waals surface area contributed by atoms with Gasteiger partial charge in [0.15, 0.2) is 0 Å². The van der Waals surface area contributed by atoms with Crippen LogP contribution in [0.15, 0.2) is 0 Å². The van der Waals surface area contributed by atoms with Crippen molar-refractivity contribution in [1.29, 1.82) is 0 Å². The van der Waals surface area contributed by atoms with Crippen LogP contribution in [0.5, 0.6) is 0 Å². The smallest absolute Gasteiger partial charge is 0.251 e. The maximum Gasteiger partial charge on any atom is 0.251 e. The largest absolute Gasteiger partial charge is 0.293 e. The Hall–Kier alpha value is -0.610. The van der Waals surface area contributed by atoms with Crippen molar-refractivity contribution in [1.82, 2.24) is 10.3 Å². The summed E-state index contributed by atoms with van der Waals surface area (Å²) in [6.07, 6.45) is 6.07. The molecule has 100 valence electrons. The third kappa shape index (κ3) is 3.68. The molecule has 2 unspecified atom stereocenters. The molecule has 1 aliphatic heterocycles. The molecule has 1 saturated heterocycles. The first-order valence-electron chi connectivity index (χ1n) is 6.88. The van der Waals surface area contributed by atoms with Gasteiger partial charge >= 0.3 is 0 Å². The van der Waals surface area contributed by atoms with Crippen LogP contribution in [0.1, 0.15) is 52.9 Å². The Labute approximate surface area is 105 Å². The summed E-state index contributed by atoms with van der Waals surface area (Å²) in [5.41, 5.74) is 2.33. The number of hydrazine groups is 1. The Bertz CT molecular complexity index is 243. The molecule has 3 N–H and O–H groups in total. The molecule has 0 spiro atoms. The molecule has 1 heterocycles. The van der Waals surface area contributed by atoms with E-state index in [9.17, 15) is 4.79 Å². The number of hydrogen-bond donors (Lipinski definition) is 2. The molecular formula is C13H27N3O. The summed E-state index contributed by atoms with van der Waals surface area (Å²) in [5, 5.41) is 0. The standard InChI is InChI=1S/C13H27N3O/c1-4-11-8-6-5-7-9-16(11)12(10(2)3)13(17)15-14/h10-12H,4-9,14H2,1-3H3,(H,15,17). The molecule has 0 aromatic heterocycles. The van der Waals surface area contributed by atoms with Gasteiger partial charge in [0, 0.05) is 6.04 Å². The van der Waals surface area contributed by atoms with Gasteiger partial charge in [-0.25, -0.2) is 5.84 Å². The summed E-state index contributed by atoms with van der Waals surface area (Å²) in [7, 11) is 0. The molecule has 0 saturated carbocycles. The fraction of sp³-hybridized carbons (Fsp3) is 0.923. The molecule has 1 fully saturated rings. The Morgan fingerprint density at radius 2 is 2.12 bits per heavy atom. The fourth-order valence-electron chi connectivity index (χ4n) is 2.93. The van der Waals surface area contributed by atoms with Crippen LogP contribution in [0.4, 0.5) is 0 Å². The predicted molar refractivity (Wildman–Crippen MR) is 70.2 cm³/mol. The second kappa shape index (κ2) is 6.97. The van der Waals surface area contributed by atoms with Crippen molar-refractivity contribution in [2.24, 2.45) is 11.8 Å². The zero-order valence-corrected chi connectivity index (χ0v) is 11.4. The van der Waals surface area contributed by atoms with Crippen LogP contribution in [0.3, 0.4) is 0 Å². The number of likely N-dealkylation sites (tertiary alicyclic amines) is 1. The van der Waals surface area contributed by atoms with E-state index in [1.807, 2.05) is 0 Å². The maximum absolute atomic E-state index is 11.9. The number of nitrogens with zero attached hydrogens (tertiary/aromatic N) is 1.